The molecule has 0 aliphatic carbocycles. The Morgan fingerprint density at radius 3 is 2.34 bits per heavy atom. The molecule has 0 aliphatic heterocycles. The van der Waals surface area contributed by atoms with Gasteiger partial charge in [-0.15, -0.1) is 0 Å². The lowest BCUT2D eigenvalue weighted by Crippen LogP contribution is -2.15. The molecule has 0 aliphatic rings. The number of nitriles is 1. The summed E-state index contributed by atoms with van der Waals surface area (Å²) in [6.45, 7) is 3.79. The molecule has 1 amide bonds. The summed E-state index contributed by atoms with van der Waals surface area (Å²) in [6, 6.07) is 12.8. The quantitative estimate of drug-likeness (QED) is 0.211. The van der Waals surface area contributed by atoms with Crippen LogP contribution < -0.4 is 10.1 Å². The highest BCUT2D eigenvalue weighted by molar-refractivity contribution is 14.1. The third-order valence-corrected chi connectivity index (χ3v) is 5.25. The highest BCUT2D eigenvalue weighted by Gasteiger charge is 2.14. The van der Waals surface area contributed by atoms with Crippen molar-refractivity contribution in [1.29, 1.82) is 5.26 Å². The Bertz CT molecular complexity index is 956. The predicted molar refractivity (Wildman–Crippen MR) is 127 cm³/mol. The van der Waals surface area contributed by atoms with Crippen molar-refractivity contribution in [2.45, 2.75) is 13.8 Å². The summed E-state index contributed by atoms with van der Waals surface area (Å²) in [7, 11) is 0. The fourth-order valence-corrected chi connectivity index (χ4v) is 4.41. The Morgan fingerprint density at radius 2 is 1.79 bits per heavy atom. The largest absolute Gasteiger partial charge is 0.480 e. The lowest BCUT2D eigenvalue weighted by atomic mass is 10.1. The number of esters is 1. The van der Waals surface area contributed by atoms with E-state index in [2.05, 4.69) is 50.5 Å². The molecule has 2 aromatic rings. The van der Waals surface area contributed by atoms with Gasteiger partial charge in [-0.05, 0) is 94.9 Å². The fraction of sp³-hybridized carbons (Fsp3) is 0.190. The molecule has 0 saturated heterocycles. The summed E-state index contributed by atoms with van der Waals surface area (Å²) in [5, 5.41) is 12.1. The second-order valence-electron chi connectivity index (χ2n) is 5.90. The lowest BCUT2D eigenvalue weighted by molar-refractivity contribution is -0.145. The molecule has 0 heterocycles. The Kier molecular flexibility index (Phi) is 8.91. The van der Waals surface area contributed by atoms with Crippen molar-refractivity contribution in [3.05, 3.63) is 60.2 Å². The van der Waals surface area contributed by atoms with Crippen LogP contribution in [0.4, 0.5) is 5.69 Å². The van der Waals surface area contributed by atoms with Gasteiger partial charge in [0.1, 0.15) is 17.4 Å². The number of nitrogens with zero attached hydrogens (tertiary/aromatic N) is 1. The molecule has 0 atom stereocenters. The maximum atomic E-state index is 12.4. The molecule has 6 nitrogen and oxygen atoms in total. The van der Waals surface area contributed by atoms with Crippen LogP contribution in [0.3, 0.4) is 0 Å². The summed E-state index contributed by atoms with van der Waals surface area (Å²) < 4.78 is 11.9. The lowest BCUT2D eigenvalue weighted by Gasteiger charge is -2.11. The van der Waals surface area contributed by atoms with E-state index in [0.29, 0.717) is 23.6 Å². The van der Waals surface area contributed by atoms with E-state index in [9.17, 15) is 14.9 Å². The zero-order chi connectivity index (χ0) is 21.4. The molecule has 0 fully saturated rings. The van der Waals surface area contributed by atoms with Gasteiger partial charge in [-0.2, -0.15) is 5.26 Å². The third kappa shape index (κ3) is 7.01. The second-order valence-corrected chi connectivity index (χ2v) is 8.22. The number of ether oxygens (including phenoxy) is 2. The van der Waals surface area contributed by atoms with Gasteiger partial charge in [-0.1, -0.05) is 17.7 Å². The fourth-order valence-electron chi connectivity index (χ4n) is 2.29. The molecule has 2 rings (SSSR count). The number of benzene rings is 2. The van der Waals surface area contributed by atoms with Crippen LogP contribution in [0.2, 0.25) is 0 Å². The van der Waals surface area contributed by atoms with Crippen LogP contribution in [0.1, 0.15) is 18.1 Å². The molecule has 0 spiro atoms. The van der Waals surface area contributed by atoms with E-state index in [1.807, 2.05) is 25.1 Å². The maximum absolute atomic E-state index is 12.4. The van der Waals surface area contributed by atoms with E-state index in [-0.39, 0.29) is 12.2 Å². The van der Waals surface area contributed by atoms with Crippen molar-refractivity contribution in [1.82, 2.24) is 0 Å². The smallest absolute Gasteiger partial charge is 0.344 e. The highest BCUT2D eigenvalue weighted by Crippen LogP contribution is 2.30. The van der Waals surface area contributed by atoms with Gasteiger partial charge in [-0.3, -0.25) is 4.79 Å². The minimum absolute atomic E-state index is 0.0163. The molecular weight excluding hydrogens is 598 g/mol. The standard InChI is InChI=1S/C21H18I2N2O4/c1-3-28-19(26)12-29-20-17(22)9-14(10-18(20)23)8-15(11-24)21(27)25-16-6-4-13(2)5-7-16/h4-10H,3,12H2,1-2H3,(H,25,27)/b15-8+. The van der Waals surface area contributed by atoms with E-state index >= 15 is 0 Å². The number of carbonyl (C=O) groups is 2. The predicted octanol–water partition coefficient (Wildman–Crippen LogP) is 4.69. The molecule has 0 radical (unpaired) electrons. The van der Waals surface area contributed by atoms with Crippen molar-refractivity contribution in [3.8, 4) is 11.8 Å². The van der Waals surface area contributed by atoms with Gasteiger partial charge in [0, 0.05) is 5.69 Å². The number of hydrogen-bond acceptors (Lipinski definition) is 5. The molecular formula is C21H18I2N2O4. The second kappa shape index (κ2) is 11.2. The summed E-state index contributed by atoms with van der Waals surface area (Å²) >= 11 is 4.17. The van der Waals surface area contributed by atoms with E-state index in [4.69, 9.17) is 9.47 Å². The van der Waals surface area contributed by atoms with Gasteiger partial charge in [0.25, 0.3) is 5.91 Å². The first-order valence-electron chi connectivity index (χ1n) is 8.61. The van der Waals surface area contributed by atoms with Crippen molar-refractivity contribution < 1.29 is 19.1 Å². The number of amides is 1. The molecule has 2 aromatic carbocycles. The first-order valence-corrected chi connectivity index (χ1v) is 10.8. The van der Waals surface area contributed by atoms with Crippen LogP contribution in [-0.4, -0.2) is 25.1 Å². The van der Waals surface area contributed by atoms with Crippen molar-refractivity contribution in [3.63, 3.8) is 0 Å². The SMILES string of the molecule is CCOC(=O)COc1c(I)cc(/C=C(\C#N)C(=O)Nc2ccc(C)cc2)cc1I. The molecule has 0 saturated carbocycles. The van der Waals surface area contributed by atoms with Gasteiger partial charge >= 0.3 is 5.97 Å². The van der Waals surface area contributed by atoms with E-state index in [0.717, 1.165) is 12.7 Å². The monoisotopic (exact) mass is 616 g/mol. The number of hydrogen-bond donors (Lipinski definition) is 1. The maximum Gasteiger partial charge on any atom is 0.344 e. The summed E-state index contributed by atoms with van der Waals surface area (Å²) in [6.07, 6.45) is 1.52. The average molecular weight is 616 g/mol. The molecule has 29 heavy (non-hydrogen) atoms. The molecule has 0 unspecified atom stereocenters. The molecule has 1 N–H and O–H groups in total. The number of anilines is 1. The van der Waals surface area contributed by atoms with E-state index < -0.39 is 11.9 Å². The number of aryl methyl sites for hydroxylation is 1. The summed E-state index contributed by atoms with van der Waals surface area (Å²) in [5.41, 5.74) is 2.36. The van der Waals surface area contributed by atoms with Gasteiger partial charge in [0.2, 0.25) is 0 Å². The van der Waals surface area contributed by atoms with E-state index in [1.54, 1.807) is 31.2 Å². The zero-order valence-corrected chi connectivity index (χ0v) is 20.1. The van der Waals surface area contributed by atoms with Gasteiger partial charge in [0.05, 0.1) is 13.7 Å². The Morgan fingerprint density at radius 1 is 1.17 bits per heavy atom. The third-order valence-electron chi connectivity index (χ3n) is 3.65. The van der Waals surface area contributed by atoms with Gasteiger partial charge in [0.15, 0.2) is 6.61 Å². The normalized spacial score (nSPS) is 10.8. The number of rotatable bonds is 7. The van der Waals surface area contributed by atoms with Crippen LogP contribution in [0.5, 0.6) is 5.75 Å². The van der Waals surface area contributed by atoms with Crippen molar-refractivity contribution >= 4 is 68.8 Å². The summed E-state index contributed by atoms with van der Waals surface area (Å²) in [5.74, 6) is -0.370. The Labute approximate surface area is 196 Å². The molecule has 0 aromatic heterocycles. The van der Waals surface area contributed by atoms with Crippen molar-refractivity contribution in [2.75, 3.05) is 18.5 Å². The number of halogens is 2. The van der Waals surface area contributed by atoms with Gasteiger partial charge in [-0.25, -0.2) is 4.79 Å². The van der Waals surface area contributed by atoms with E-state index in [1.165, 1.54) is 6.08 Å². The topological polar surface area (TPSA) is 88.4 Å². The van der Waals surface area contributed by atoms with Crippen LogP contribution in [0.25, 0.3) is 6.08 Å². The van der Waals surface area contributed by atoms with Crippen LogP contribution in [-0.2, 0) is 14.3 Å². The van der Waals surface area contributed by atoms with Crippen molar-refractivity contribution in [2.24, 2.45) is 0 Å². The van der Waals surface area contributed by atoms with Crippen LogP contribution >= 0.6 is 45.2 Å². The first kappa shape index (κ1) is 23.2. The first-order chi connectivity index (χ1) is 13.8. The minimum Gasteiger partial charge on any atom is -0.480 e. The van der Waals surface area contributed by atoms with Crippen LogP contribution in [0.15, 0.2) is 42.0 Å². The molecule has 8 heteroatoms. The van der Waals surface area contributed by atoms with Gasteiger partial charge < -0.3 is 14.8 Å². The Balaban J connectivity index is 2.18. The molecule has 0 bridgehead atoms. The van der Waals surface area contributed by atoms with Crippen LogP contribution in [0, 0.1) is 25.4 Å². The Hall–Kier alpha value is -2.13. The molecule has 150 valence electrons. The number of carbonyl (C=O) groups excluding carboxylic acids is 2. The average Bonchev–Trinajstić information content (AvgIpc) is 2.67. The zero-order valence-electron chi connectivity index (χ0n) is 15.8. The summed E-state index contributed by atoms with van der Waals surface area (Å²) in [4.78, 5) is 23.9. The highest BCUT2D eigenvalue weighted by atomic mass is 127. The number of nitrogens with one attached hydrogen (secondary N) is 1. The minimum atomic E-state index is -0.482.